The summed E-state index contributed by atoms with van der Waals surface area (Å²) in [7, 11) is 0. The minimum atomic E-state index is -0.542. The van der Waals surface area contributed by atoms with Crippen LogP contribution < -0.4 is 10.6 Å². The predicted molar refractivity (Wildman–Crippen MR) is 107 cm³/mol. The Kier molecular flexibility index (Phi) is 7.27. The number of esters is 1. The number of thiophene rings is 1. The summed E-state index contributed by atoms with van der Waals surface area (Å²) < 4.78 is 5.07. The lowest BCUT2D eigenvalue weighted by atomic mass is 10.1. The van der Waals surface area contributed by atoms with Gasteiger partial charge in [-0.2, -0.15) is 0 Å². The van der Waals surface area contributed by atoms with Crippen molar-refractivity contribution >= 4 is 34.0 Å². The Labute approximate surface area is 162 Å². The molecule has 0 saturated carbocycles. The lowest BCUT2D eigenvalue weighted by Crippen LogP contribution is -2.30. The standard InChI is InChI=1S/C20H24N2O4S/c1-5-26-20(25)17-12(2)18(14(4)23)27-19(17)22-16(24)11-21-13(3)15-9-7-6-8-10-15/h6-10,13,21H,5,11H2,1-4H3,(H,22,24)/t13-/m1/s1. The van der Waals surface area contributed by atoms with Crippen molar-refractivity contribution in [2.24, 2.45) is 0 Å². The van der Waals surface area contributed by atoms with Crippen molar-refractivity contribution in [3.05, 3.63) is 51.9 Å². The van der Waals surface area contributed by atoms with Crippen LogP contribution >= 0.6 is 11.3 Å². The highest BCUT2D eigenvalue weighted by molar-refractivity contribution is 7.18. The van der Waals surface area contributed by atoms with Gasteiger partial charge in [0, 0.05) is 6.04 Å². The molecule has 0 spiro atoms. The summed E-state index contributed by atoms with van der Waals surface area (Å²) >= 11 is 1.10. The Morgan fingerprint density at radius 2 is 1.85 bits per heavy atom. The molecule has 2 rings (SSSR count). The minimum absolute atomic E-state index is 0.000621. The van der Waals surface area contributed by atoms with Crippen LogP contribution in [-0.4, -0.2) is 30.8 Å². The Hall–Kier alpha value is -2.51. The van der Waals surface area contributed by atoms with E-state index in [2.05, 4.69) is 10.6 Å². The van der Waals surface area contributed by atoms with Gasteiger partial charge in [-0.1, -0.05) is 30.3 Å². The molecule has 2 N–H and O–H groups in total. The van der Waals surface area contributed by atoms with Crippen molar-refractivity contribution in [2.75, 3.05) is 18.5 Å². The lowest BCUT2D eigenvalue weighted by Gasteiger charge is -2.14. The summed E-state index contributed by atoms with van der Waals surface area (Å²) in [6, 6.07) is 9.78. The van der Waals surface area contributed by atoms with Crippen molar-refractivity contribution in [3.8, 4) is 0 Å². The van der Waals surface area contributed by atoms with E-state index in [-0.39, 0.29) is 36.4 Å². The molecule has 0 aliphatic carbocycles. The average Bonchev–Trinajstić information content (AvgIpc) is 2.97. The van der Waals surface area contributed by atoms with Crippen LogP contribution in [0.2, 0.25) is 0 Å². The van der Waals surface area contributed by atoms with E-state index in [0.717, 1.165) is 16.9 Å². The van der Waals surface area contributed by atoms with Gasteiger partial charge in [0.1, 0.15) is 5.00 Å². The van der Waals surface area contributed by atoms with Crippen molar-refractivity contribution < 1.29 is 19.1 Å². The van der Waals surface area contributed by atoms with E-state index in [1.807, 2.05) is 37.3 Å². The molecule has 1 atom stereocenters. The number of ketones is 1. The fraction of sp³-hybridized carbons (Fsp3) is 0.350. The summed E-state index contributed by atoms with van der Waals surface area (Å²) in [5.41, 5.74) is 1.85. The highest BCUT2D eigenvalue weighted by atomic mass is 32.1. The van der Waals surface area contributed by atoms with Crippen molar-refractivity contribution in [2.45, 2.75) is 33.7 Å². The van der Waals surface area contributed by atoms with Gasteiger partial charge in [0.15, 0.2) is 5.78 Å². The van der Waals surface area contributed by atoms with Crippen LogP contribution in [0.4, 0.5) is 5.00 Å². The van der Waals surface area contributed by atoms with E-state index in [9.17, 15) is 14.4 Å². The van der Waals surface area contributed by atoms with E-state index < -0.39 is 5.97 Å². The first-order valence-corrected chi connectivity index (χ1v) is 9.56. The van der Waals surface area contributed by atoms with Crippen LogP contribution in [0.15, 0.2) is 30.3 Å². The third-order valence-electron chi connectivity index (χ3n) is 4.07. The Morgan fingerprint density at radius 1 is 1.19 bits per heavy atom. The van der Waals surface area contributed by atoms with Gasteiger partial charge in [0.25, 0.3) is 0 Å². The van der Waals surface area contributed by atoms with E-state index in [0.29, 0.717) is 15.4 Å². The molecule has 1 heterocycles. The molecule has 6 nitrogen and oxygen atoms in total. The van der Waals surface area contributed by atoms with E-state index >= 15 is 0 Å². The molecule has 0 aliphatic heterocycles. The Bertz CT molecular complexity index is 830. The van der Waals surface area contributed by atoms with Crippen LogP contribution in [0.5, 0.6) is 0 Å². The second-order valence-electron chi connectivity index (χ2n) is 6.10. The number of nitrogens with one attached hydrogen (secondary N) is 2. The average molecular weight is 388 g/mol. The second kappa shape index (κ2) is 9.43. The number of ether oxygens (including phenoxy) is 1. The number of rotatable bonds is 8. The van der Waals surface area contributed by atoms with Gasteiger partial charge in [0.2, 0.25) is 5.91 Å². The third-order valence-corrected chi connectivity index (χ3v) is 5.38. The van der Waals surface area contributed by atoms with E-state index in [4.69, 9.17) is 4.74 Å². The van der Waals surface area contributed by atoms with Crippen LogP contribution in [0, 0.1) is 6.92 Å². The van der Waals surface area contributed by atoms with Gasteiger partial charge >= 0.3 is 5.97 Å². The number of hydrogen-bond acceptors (Lipinski definition) is 6. The predicted octanol–water partition coefficient (Wildman–Crippen LogP) is 3.73. The molecule has 0 bridgehead atoms. The number of carbonyl (C=O) groups is 3. The fourth-order valence-electron chi connectivity index (χ4n) is 2.66. The molecule has 0 radical (unpaired) electrons. The van der Waals surface area contributed by atoms with Crippen LogP contribution in [0.3, 0.4) is 0 Å². The maximum atomic E-state index is 12.4. The molecule has 1 aromatic heterocycles. The summed E-state index contributed by atoms with van der Waals surface area (Å²) in [5.74, 6) is -0.987. The van der Waals surface area contributed by atoms with Gasteiger partial charge in [-0.3, -0.25) is 9.59 Å². The number of benzene rings is 1. The number of carbonyl (C=O) groups excluding carboxylic acids is 3. The fourth-order valence-corrected chi connectivity index (χ4v) is 3.77. The van der Waals surface area contributed by atoms with Gasteiger partial charge in [-0.05, 0) is 38.8 Å². The highest BCUT2D eigenvalue weighted by Gasteiger charge is 2.25. The number of amides is 1. The Balaban J connectivity index is 2.11. The number of hydrogen-bond donors (Lipinski definition) is 2. The molecule has 0 unspecified atom stereocenters. The smallest absolute Gasteiger partial charge is 0.341 e. The monoisotopic (exact) mass is 388 g/mol. The van der Waals surface area contributed by atoms with Crippen molar-refractivity contribution in [1.29, 1.82) is 0 Å². The second-order valence-corrected chi connectivity index (χ2v) is 7.12. The van der Waals surface area contributed by atoms with Gasteiger partial charge in [-0.15, -0.1) is 11.3 Å². The molecule has 7 heteroatoms. The van der Waals surface area contributed by atoms with Crippen molar-refractivity contribution in [3.63, 3.8) is 0 Å². The topological polar surface area (TPSA) is 84.5 Å². The molecule has 1 aromatic carbocycles. The quantitative estimate of drug-likeness (QED) is 0.532. The van der Waals surface area contributed by atoms with E-state index in [1.54, 1.807) is 13.8 Å². The summed E-state index contributed by atoms with van der Waals surface area (Å²) in [5, 5.41) is 6.23. The van der Waals surface area contributed by atoms with Gasteiger partial charge in [-0.25, -0.2) is 4.79 Å². The highest BCUT2D eigenvalue weighted by Crippen LogP contribution is 2.34. The summed E-state index contributed by atoms with van der Waals surface area (Å²) in [4.78, 5) is 36.9. The van der Waals surface area contributed by atoms with Crippen LogP contribution in [0.25, 0.3) is 0 Å². The zero-order valence-electron chi connectivity index (χ0n) is 15.9. The van der Waals surface area contributed by atoms with Gasteiger partial charge < -0.3 is 15.4 Å². The molecule has 2 aromatic rings. The lowest BCUT2D eigenvalue weighted by molar-refractivity contribution is -0.115. The zero-order valence-corrected chi connectivity index (χ0v) is 16.7. The third kappa shape index (κ3) is 5.24. The summed E-state index contributed by atoms with van der Waals surface area (Å²) in [6.07, 6.45) is 0. The molecule has 0 aliphatic rings. The number of Topliss-reactive ketones (excluding diaryl/α,β-unsaturated/α-hetero) is 1. The molecule has 0 saturated heterocycles. The minimum Gasteiger partial charge on any atom is -0.462 e. The first kappa shape index (κ1) is 20.8. The SMILES string of the molecule is CCOC(=O)c1c(NC(=O)CN[C@H](C)c2ccccc2)sc(C(C)=O)c1C. The van der Waals surface area contributed by atoms with Crippen molar-refractivity contribution in [1.82, 2.24) is 5.32 Å². The normalized spacial score (nSPS) is 11.7. The first-order valence-electron chi connectivity index (χ1n) is 8.74. The molecule has 1 amide bonds. The summed E-state index contributed by atoms with van der Waals surface area (Å²) in [6.45, 7) is 7.08. The first-order chi connectivity index (χ1) is 12.8. The Morgan fingerprint density at radius 3 is 2.44 bits per heavy atom. The molecular formula is C20H24N2O4S. The molecule has 144 valence electrons. The van der Waals surface area contributed by atoms with Gasteiger partial charge in [0.05, 0.1) is 23.6 Å². The maximum Gasteiger partial charge on any atom is 0.341 e. The zero-order chi connectivity index (χ0) is 20.0. The van der Waals surface area contributed by atoms with E-state index in [1.165, 1.54) is 6.92 Å². The number of anilines is 1. The maximum absolute atomic E-state index is 12.4. The molecule has 27 heavy (non-hydrogen) atoms. The largest absolute Gasteiger partial charge is 0.462 e. The molecular weight excluding hydrogens is 364 g/mol. The van der Waals surface area contributed by atoms with Crippen LogP contribution in [-0.2, 0) is 9.53 Å². The molecule has 0 fully saturated rings. The van der Waals surface area contributed by atoms with Crippen LogP contribution in [0.1, 0.15) is 58.0 Å².